The Morgan fingerprint density at radius 3 is 2.57 bits per heavy atom. The molecule has 0 aliphatic carbocycles. The highest BCUT2D eigenvalue weighted by atomic mass is 35.5. The summed E-state index contributed by atoms with van der Waals surface area (Å²) in [6, 6.07) is 5.42. The summed E-state index contributed by atoms with van der Waals surface area (Å²) in [4.78, 5) is 8.32. The number of aryl methyl sites for hydroxylation is 1. The van der Waals surface area contributed by atoms with Crippen LogP contribution < -0.4 is 0 Å². The average Bonchev–Trinajstić information content (AvgIpc) is 3.44. The standard InChI is InChI=1S/C20H22Cl2N4O3S/c1-2-15-23-19-26(24-15)18(27)17(30-19)16(12-3-4-13(21)14(22)11-12)25-7-5-20(6-8-25)28-9-10-29-20/h3-4,11,16,27H,2,5-10H2,1H3/t16-/m0/s1. The Morgan fingerprint density at radius 2 is 1.93 bits per heavy atom. The van der Waals surface area contributed by atoms with Gasteiger partial charge in [0, 0.05) is 32.4 Å². The van der Waals surface area contributed by atoms with Crippen molar-refractivity contribution in [2.24, 2.45) is 0 Å². The molecule has 0 radical (unpaired) electrons. The summed E-state index contributed by atoms with van der Waals surface area (Å²) in [5.41, 5.74) is 0.962. The van der Waals surface area contributed by atoms with Gasteiger partial charge in [0.15, 0.2) is 11.6 Å². The lowest BCUT2D eigenvalue weighted by molar-refractivity contribution is -0.187. The fourth-order valence-electron chi connectivity index (χ4n) is 4.24. The molecule has 7 nitrogen and oxygen atoms in total. The fraction of sp³-hybridized carbons (Fsp3) is 0.500. The number of aromatic hydroxyl groups is 1. The van der Waals surface area contributed by atoms with E-state index in [1.54, 1.807) is 6.07 Å². The van der Waals surface area contributed by atoms with Gasteiger partial charge in [-0.1, -0.05) is 47.5 Å². The maximum absolute atomic E-state index is 11.0. The highest BCUT2D eigenvalue weighted by Gasteiger charge is 2.42. The molecule has 2 aliphatic heterocycles. The first-order chi connectivity index (χ1) is 14.5. The molecule has 3 aromatic rings. The Kier molecular flexibility index (Phi) is 5.41. The van der Waals surface area contributed by atoms with Crippen LogP contribution in [0.25, 0.3) is 4.96 Å². The monoisotopic (exact) mass is 468 g/mol. The summed E-state index contributed by atoms with van der Waals surface area (Å²) < 4.78 is 13.3. The maximum atomic E-state index is 11.0. The van der Waals surface area contributed by atoms with Crippen LogP contribution in [0.5, 0.6) is 5.88 Å². The van der Waals surface area contributed by atoms with E-state index in [2.05, 4.69) is 15.0 Å². The number of aromatic nitrogens is 3. The predicted molar refractivity (Wildman–Crippen MR) is 116 cm³/mol. The van der Waals surface area contributed by atoms with E-state index in [9.17, 15) is 5.11 Å². The lowest BCUT2D eigenvalue weighted by Crippen LogP contribution is -2.46. The van der Waals surface area contributed by atoms with Gasteiger partial charge in [-0.3, -0.25) is 4.90 Å². The summed E-state index contributed by atoms with van der Waals surface area (Å²) in [5.74, 6) is 0.360. The van der Waals surface area contributed by atoms with Crippen molar-refractivity contribution in [1.82, 2.24) is 19.5 Å². The molecule has 0 bridgehead atoms. The molecular weight excluding hydrogens is 447 g/mol. The number of likely N-dealkylation sites (tertiary alicyclic amines) is 1. The number of thiazole rings is 1. The molecule has 2 aliphatic rings. The first kappa shape index (κ1) is 20.5. The first-order valence-electron chi connectivity index (χ1n) is 10.0. The topological polar surface area (TPSA) is 72.1 Å². The van der Waals surface area contributed by atoms with Gasteiger partial charge in [0.25, 0.3) is 0 Å². The molecular formula is C20H22Cl2N4O3S. The van der Waals surface area contributed by atoms with Gasteiger partial charge < -0.3 is 14.6 Å². The van der Waals surface area contributed by atoms with Gasteiger partial charge in [-0.25, -0.2) is 4.98 Å². The van der Waals surface area contributed by atoms with Crippen LogP contribution in [0.15, 0.2) is 18.2 Å². The predicted octanol–water partition coefficient (Wildman–Crippen LogP) is 4.29. The van der Waals surface area contributed by atoms with Crippen LogP contribution >= 0.6 is 34.5 Å². The van der Waals surface area contributed by atoms with Gasteiger partial charge in [-0.15, -0.1) is 5.10 Å². The highest BCUT2D eigenvalue weighted by molar-refractivity contribution is 7.17. The Hall–Kier alpha value is -1.42. The zero-order chi connectivity index (χ0) is 20.9. The van der Waals surface area contributed by atoms with Crippen LogP contribution in [-0.2, 0) is 15.9 Å². The largest absolute Gasteiger partial charge is 0.492 e. The molecule has 30 heavy (non-hydrogen) atoms. The van der Waals surface area contributed by atoms with Crippen LogP contribution in [0.3, 0.4) is 0 Å². The molecule has 2 fully saturated rings. The van der Waals surface area contributed by atoms with Gasteiger partial charge >= 0.3 is 0 Å². The van der Waals surface area contributed by atoms with Gasteiger partial charge in [0.1, 0.15) is 0 Å². The van der Waals surface area contributed by atoms with E-state index in [1.807, 2.05) is 19.1 Å². The van der Waals surface area contributed by atoms with Crippen molar-refractivity contribution in [2.75, 3.05) is 26.3 Å². The number of rotatable bonds is 4. The van der Waals surface area contributed by atoms with E-state index in [0.717, 1.165) is 36.4 Å². The van der Waals surface area contributed by atoms with Crippen LogP contribution in [0.1, 0.15) is 42.1 Å². The summed E-state index contributed by atoms with van der Waals surface area (Å²) in [7, 11) is 0. The number of nitrogens with zero attached hydrogens (tertiary/aromatic N) is 4. The average molecular weight is 469 g/mol. The number of hydrogen-bond acceptors (Lipinski definition) is 7. The molecule has 1 atom stereocenters. The summed E-state index contributed by atoms with van der Waals surface area (Å²) in [6.45, 7) is 4.80. The lowest BCUT2D eigenvalue weighted by atomic mass is 9.97. The second-order valence-corrected chi connectivity index (χ2v) is 9.41. The van der Waals surface area contributed by atoms with Crippen molar-refractivity contribution in [3.63, 3.8) is 0 Å². The second kappa shape index (κ2) is 7.93. The van der Waals surface area contributed by atoms with E-state index >= 15 is 0 Å². The molecule has 4 heterocycles. The molecule has 1 aromatic carbocycles. The first-order valence-corrected chi connectivity index (χ1v) is 11.6. The normalized spacial score (nSPS) is 20.4. The molecule has 1 spiro atoms. The smallest absolute Gasteiger partial charge is 0.230 e. The molecule has 160 valence electrons. The van der Waals surface area contributed by atoms with E-state index in [-0.39, 0.29) is 11.9 Å². The summed E-state index contributed by atoms with van der Waals surface area (Å²) in [6.07, 6.45) is 2.26. The third kappa shape index (κ3) is 3.49. The Labute approximate surface area is 188 Å². The molecule has 0 amide bonds. The van der Waals surface area contributed by atoms with E-state index in [0.29, 0.717) is 40.5 Å². The minimum Gasteiger partial charge on any atom is -0.492 e. The zero-order valence-corrected chi connectivity index (χ0v) is 18.8. The minimum absolute atomic E-state index is 0.118. The third-order valence-corrected chi connectivity index (χ3v) is 7.62. The van der Waals surface area contributed by atoms with Crippen molar-refractivity contribution in [2.45, 2.75) is 38.0 Å². The lowest BCUT2D eigenvalue weighted by Gasteiger charge is -2.41. The van der Waals surface area contributed by atoms with Crippen LogP contribution in [0, 0.1) is 0 Å². The molecule has 0 unspecified atom stereocenters. The minimum atomic E-state index is -0.470. The van der Waals surface area contributed by atoms with Crippen molar-refractivity contribution >= 4 is 39.5 Å². The highest BCUT2D eigenvalue weighted by Crippen LogP contribution is 2.43. The number of piperidine rings is 1. The van der Waals surface area contributed by atoms with Crippen molar-refractivity contribution < 1.29 is 14.6 Å². The van der Waals surface area contributed by atoms with Crippen molar-refractivity contribution in [1.29, 1.82) is 0 Å². The third-order valence-electron chi connectivity index (χ3n) is 5.81. The number of benzene rings is 1. The molecule has 0 saturated carbocycles. The second-order valence-electron chi connectivity index (χ2n) is 7.59. The van der Waals surface area contributed by atoms with Gasteiger partial charge in [0.05, 0.1) is 34.2 Å². The number of fused-ring (bicyclic) bond motifs is 1. The summed E-state index contributed by atoms with van der Waals surface area (Å²) >= 11 is 14.0. The van der Waals surface area contributed by atoms with E-state index in [4.69, 9.17) is 32.7 Å². The SMILES string of the molecule is CCc1nc2sc([C@H](c3ccc(Cl)c(Cl)c3)N3CCC4(CC3)OCCO4)c(O)n2n1. The molecule has 2 saturated heterocycles. The van der Waals surface area contributed by atoms with Crippen LogP contribution in [0.2, 0.25) is 10.0 Å². The molecule has 1 N–H and O–H groups in total. The van der Waals surface area contributed by atoms with E-state index < -0.39 is 5.79 Å². The van der Waals surface area contributed by atoms with Crippen LogP contribution in [0.4, 0.5) is 0 Å². The Bertz CT molecular complexity index is 1070. The quantitative estimate of drug-likeness (QED) is 0.615. The Balaban J connectivity index is 1.54. The summed E-state index contributed by atoms with van der Waals surface area (Å²) in [5, 5.41) is 16.4. The zero-order valence-electron chi connectivity index (χ0n) is 16.5. The molecule has 2 aromatic heterocycles. The van der Waals surface area contributed by atoms with Gasteiger partial charge in [-0.05, 0) is 17.7 Å². The van der Waals surface area contributed by atoms with Gasteiger partial charge in [-0.2, -0.15) is 4.52 Å². The Morgan fingerprint density at radius 1 is 1.20 bits per heavy atom. The maximum Gasteiger partial charge on any atom is 0.230 e. The van der Waals surface area contributed by atoms with Crippen molar-refractivity contribution in [3.05, 3.63) is 44.5 Å². The van der Waals surface area contributed by atoms with Crippen LogP contribution in [-0.4, -0.2) is 56.7 Å². The number of halogens is 2. The number of ether oxygens (including phenoxy) is 2. The number of hydrogen-bond donors (Lipinski definition) is 1. The van der Waals surface area contributed by atoms with Crippen molar-refractivity contribution in [3.8, 4) is 5.88 Å². The van der Waals surface area contributed by atoms with Gasteiger partial charge in [0.2, 0.25) is 10.8 Å². The molecule has 10 heteroatoms. The molecule has 5 rings (SSSR count). The fourth-order valence-corrected chi connectivity index (χ4v) is 5.68. The van der Waals surface area contributed by atoms with E-state index in [1.165, 1.54) is 15.9 Å².